The molecule has 2 aromatic rings. The van der Waals surface area contributed by atoms with Gasteiger partial charge in [-0.3, -0.25) is 9.59 Å². The SMILES string of the molecule is CCC(C)NC(=O)c1cccc(C(=O)NCCc2ccc(Cl)cc2Cl)n1. The highest BCUT2D eigenvalue weighted by atomic mass is 35.5. The molecule has 0 aliphatic heterocycles. The van der Waals surface area contributed by atoms with Gasteiger partial charge in [0.2, 0.25) is 0 Å². The van der Waals surface area contributed by atoms with E-state index in [1.54, 1.807) is 30.3 Å². The fourth-order valence-electron chi connectivity index (χ4n) is 2.21. The second-order valence-electron chi connectivity index (χ2n) is 5.93. The Bertz CT molecular complexity index is 796. The summed E-state index contributed by atoms with van der Waals surface area (Å²) in [5, 5.41) is 6.74. The van der Waals surface area contributed by atoms with Crippen molar-refractivity contribution in [3.8, 4) is 0 Å². The first-order chi connectivity index (χ1) is 12.4. The molecule has 138 valence electrons. The third-order valence-corrected chi connectivity index (χ3v) is 4.49. The lowest BCUT2D eigenvalue weighted by Crippen LogP contribution is -2.33. The molecule has 26 heavy (non-hydrogen) atoms. The maximum Gasteiger partial charge on any atom is 0.270 e. The summed E-state index contributed by atoms with van der Waals surface area (Å²) in [6.45, 7) is 4.29. The summed E-state index contributed by atoms with van der Waals surface area (Å²) in [4.78, 5) is 28.5. The fourth-order valence-corrected chi connectivity index (χ4v) is 2.72. The number of nitrogens with one attached hydrogen (secondary N) is 2. The van der Waals surface area contributed by atoms with Gasteiger partial charge in [0, 0.05) is 22.6 Å². The Kier molecular flexibility index (Phi) is 7.42. The van der Waals surface area contributed by atoms with Gasteiger partial charge in [0.25, 0.3) is 11.8 Å². The van der Waals surface area contributed by atoms with E-state index in [4.69, 9.17) is 23.2 Å². The van der Waals surface area contributed by atoms with Crippen molar-refractivity contribution in [1.82, 2.24) is 15.6 Å². The Morgan fingerprint density at radius 2 is 1.81 bits per heavy atom. The molecular weight excluding hydrogens is 373 g/mol. The normalized spacial score (nSPS) is 11.7. The van der Waals surface area contributed by atoms with E-state index in [0.29, 0.717) is 23.0 Å². The van der Waals surface area contributed by atoms with E-state index in [1.165, 1.54) is 0 Å². The highest BCUT2D eigenvalue weighted by Gasteiger charge is 2.13. The van der Waals surface area contributed by atoms with E-state index < -0.39 is 0 Å². The van der Waals surface area contributed by atoms with Gasteiger partial charge in [0.05, 0.1) is 0 Å². The van der Waals surface area contributed by atoms with Gasteiger partial charge in [-0.1, -0.05) is 42.3 Å². The first kappa shape index (κ1) is 20.2. The Morgan fingerprint density at radius 1 is 1.12 bits per heavy atom. The van der Waals surface area contributed by atoms with Crippen molar-refractivity contribution in [2.45, 2.75) is 32.7 Å². The van der Waals surface area contributed by atoms with Crippen LogP contribution in [0.15, 0.2) is 36.4 Å². The molecule has 0 bridgehead atoms. The van der Waals surface area contributed by atoms with Gasteiger partial charge in [-0.15, -0.1) is 0 Å². The van der Waals surface area contributed by atoms with Crippen molar-refractivity contribution in [2.24, 2.45) is 0 Å². The van der Waals surface area contributed by atoms with Crippen molar-refractivity contribution in [3.63, 3.8) is 0 Å². The minimum atomic E-state index is -0.340. The van der Waals surface area contributed by atoms with Gasteiger partial charge in [0.15, 0.2) is 0 Å². The van der Waals surface area contributed by atoms with Crippen LogP contribution in [0.1, 0.15) is 46.8 Å². The molecule has 1 heterocycles. The first-order valence-electron chi connectivity index (χ1n) is 8.40. The number of hydrogen-bond acceptors (Lipinski definition) is 3. The lowest BCUT2D eigenvalue weighted by molar-refractivity contribution is 0.0933. The molecule has 0 aliphatic carbocycles. The van der Waals surface area contributed by atoms with E-state index in [1.807, 2.05) is 19.9 Å². The smallest absolute Gasteiger partial charge is 0.270 e. The molecular formula is C19H21Cl2N3O2. The number of carbonyl (C=O) groups is 2. The van der Waals surface area contributed by atoms with Crippen molar-refractivity contribution < 1.29 is 9.59 Å². The van der Waals surface area contributed by atoms with Crippen LogP contribution >= 0.6 is 23.2 Å². The molecule has 1 unspecified atom stereocenters. The molecule has 1 aromatic heterocycles. The highest BCUT2D eigenvalue weighted by Crippen LogP contribution is 2.21. The number of hydrogen-bond donors (Lipinski definition) is 2. The van der Waals surface area contributed by atoms with Crippen LogP contribution in [0.4, 0.5) is 0 Å². The minimum absolute atomic E-state index is 0.0471. The average Bonchev–Trinajstić information content (AvgIpc) is 2.63. The van der Waals surface area contributed by atoms with Crippen molar-refractivity contribution >= 4 is 35.0 Å². The van der Waals surface area contributed by atoms with E-state index in [0.717, 1.165) is 12.0 Å². The number of aromatic nitrogens is 1. The van der Waals surface area contributed by atoms with Crippen molar-refractivity contribution in [3.05, 3.63) is 63.4 Å². The van der Waals surface area contributed by atoms with Crippen LogP contribution in [-0.4, -0.2) is 29.4 Å². The predicted molar refractivity (Wildman–Crippen MR) is 104 cm³/mol. The Morgan fingerprint density at radius 3 is 2.46 bits per heavy atom. The fraction of sp³-hybridized carbons (Fsp3) is 0.316. The molecule has 0 saturated heterocycles. The van der Waals surface area contributed by atoms with Crippen LogP contribution in [0.3, 0.4) is 0 Å². The van der Waals surface area contributed by atoms with Crippen LogP contribution in [-0.2, 0) is 6.42 Å². The van der Waals surface area contributed by atoms with E-state index >= 15 is 0 Å². The van der Waals surface area contributed by atoms with Gasteiger partial charge >= 0.3 is 0 Å². The molecule has 0 fully saturated rings. The molecule has 0 radical (unpaired) electrons. The molecule has 0 saturated carbocycles. The van der Waals surface area contributed by atoms with Crippen LogP contribution < -0.4 is 10.6 Å². The molecule has 2 N–H and O–H groups in total. The maximum absolute atomic E-state index is 12.3. The molecule has 1 atom stereocenters. The van der Waals surface area contributed by atoms with E-state index in [-0.39, 0.29) is 29.2 Å². The quantitative estimate of drug-likeness (QED) is 0.749. The average molecular weight is 394 g/mol. The van der Waals surface area contributed by atoms with Crippen LogP contribution in [0, 0.1) is 0 Å². The molecule has 2 rings (SSSR count). The van der Waals surface area contributed by atoms with Crippen molar-refractivity contribution in [1.29, 1.82) is 0 Å². The Balaban J connectivity index is 1.95. The maximum atomic E-state index is 12.3. The monoisotopic (exact) mass is 393 g/mol. The number of rotatable bonds is 7. The van der Waals surface area contributed by atoms with Gasteiger partial charge < -0.3 is 10.6 Å². The summed E-state index contributed by atoms with van der Waals surface area (Å²) in [7, 11) is 0. The second-order valence-corrected chi connectivity index (χ2v) is 6.78. The topological polar surface area (TPSA) is 71.1 Å². The minimum Gasteiger partial charge on any atom is -0.350 e. The third-order valence-electron chi connectivity index (χ3n) is 3.90. The van der Waals surface area contributed by atoms with Crippen LogP contribution in [0.5, 0.6) is 0 Å². The molecule has 0 aliphatic rings. The van der Waals surface area contributed by atoms with Gasteiger partial charge in [0.1, 0.15) is 11.4 Å². The zero-order chi connectivity index (χ0) is 19.1. The molecule has 2 amide bonds. The number of halogens is 2. The Labute approximate surface area is 163 Å². The molecule has 1 aromatic carbocycles. The summed E-state index contributed by atoms with van der Waals surface area (Å²) in [5.74, 6) is -0.629. The largest absolute Gasteiger partial charge is 0.350 e. The summed E-state index contributed by atoms with van der Waals surface area (Å²) in [6, 6.07) is 10.1. The number of nitrogens with zero attached hydrogens (tertiary/aromatic N) is 1. The molecule has 7 heteroatoms. The summed E-state index contributed by atoms with van der Waals surface area (Å²) < 4.78 is 0. The molecule has 5 nitrogen and oxygen atoms in total. The van der Waals surface area contributed by atoms with Gasteiger partial charge in [-0.2, -0.15) is 0 Å². The van der Waals surface area contributed by atoms with Gasteiger partial charge in [-0.05, 0) is 49.6 Å². The zero-order valence-corrected chi connectivity index (χ0v) is 16.2. The van der Waals surface area contributed by atoms with E-state index in [9.17, 15) is 9.59 Å². The van der Waals surface area contributed by atoms with E-state index in [2.05, 4.69) is 15.6 Å². The van der Waals surface area contributed by atoms with Crippen LogP contribution in [0.2, 0.25) is 10.0 Å². The first-order valence-corrected chi connectivity index (χ1v) is 9.16. The summed E-state index contributed by atoms with van der Waals surface area (Å²) >= 11 is 12.0. The van der Waals surface area contributed by atoms with Crippen LogP contribution in [0.25, 0.3) is 0 Å². The number of carbonyl (C=O) groups excluding carboxylic acids is 2. The second kappa shape index (κ2) is 9.55. The summed E-state index contributed by atoms with van der Waals surface area (Å²) in [5.41, 5.74) is 1.31. The highest BCUT2D eigenvalue weighted by molar-refractivity contribution is 6.35. The number of pyridine rings is 1. The molecule has 0 spiro atoms. The zero-order valence-electron chi connectivity index (χ0n) is 14.7. The van der Waals surface area contributed by atoms with Crippen molar-refractivity contribution in [2.75, 3.05) is 6.54 Å². The lowest BCUT2D eigenvalue weighted by Gasteiger charge is -2.11. The summed E-state index contributed by atoms with van der Waals surface area (Å²) in [6.07, 6.45) is 1.38. The lowest BCUT2D eigenvalue weighted by atomic mass is 10.1. The third kappa shape index (κ3) is 5.71. The Hall–Kier alpha value is -2.11. The number of benzene rings is 1. The standard InChI is InChI=1S/C19H21Cl2N3O2/c1-3-12(2)23-19(26)17-6-4-5-16(24-17)18(25)22-10-9-13-7-8-14(20)11-15(13)21/h4-8,11-12H,3,9-10H2,1-2H3,(H,22,25)(H,23,26). The number of amides is 2. The van der Waals surface area contributed by atoms with Gasteiger partial charge in [-0.25, -0.2) is 4.98 Å². The predicted octanol–water partition coefficient (Wildman–Crippen LogP) is 3.89.